The van der Waals surface area contributed by atoms with E-state index >= 15 is 0 Å². The highest BCUT2D eigenvalue weighted by atomic mass is 14.9. The topological polar surface area (TPSA) is 12.0 Å². The first-order chi connectivity index (χ1) is 5.61. The molecule has 1 atom stereocenters. The van der Waals surface area contributed by atoms with Crippen molar-refractivity contribution in [1.29, 1.82) is 0 Å². The van der Waals surface area contributed by atoms with Crippen LogP contribution in [0.15, 0.2) is 36.0 Å². The summed E-state index contributed by atoms with van der Waals surface area (Å²) in [5.74, 6) is 0. The Morgan fingerprint density at radius 1 is 1.42 bits per heavy atom. The quantitative estimate of drug-likeness (QED) is 0.631. The summed E-state index contributed by atoms with van der Waals surface area (Å²) in [6.07, 6.45) is 6.24. The lowest BCUT2D eigenvalue weighted by atomic mass is 10.1. The summed E-state index contributed by atoms with van der Waals surface area (Å²) >= 11 is 0. The lowest BCUT2D eigenvalue weighted by molar-refractivity contribution is 0.704. The Morgan fingerprint density at radius 3 is 2.33 bits per heavy atom. The van der Waals surface area contributed by atoms with Crippen LogP contribution in [0.3, 0.4) is 0 Å². The van der Waals surface area contributed by atoms with Crippen LogP contribution in [0.5, 0.6) is 0 Å². The lowest BCUT2D eigenvalue weighted by Gasteiger charge is -2.10. The van der Waals surface area contributed by atoms with E-state index in [0.717, 1.165) is 5.57 Å². The monoisotopic (exact) mass is 165 g/mol. The van der Waals surface area contributed by atoms with Crippen molar-refractivity contribution in [2.45, 2.75) is 26.8 Å². The minimum Gasteiger partial charge on any atom is -0.313 e. The summed E-state index contributed by atoms with van der Waals surface area (Å²) in [4.78, 5) is 0. The first-order valence-electron chi connectivity index (χ1n) is 4.28. The zero-order valence-corrected chi connectivity index (χ0v) is 8.52. The van der Waals surface area contributed by atoms with Crippen molar-refractivity contribution in [3.8, 4) is 0 Å². The first-order valence-corrected chi connectivity index (χ1v) is 4.28. The third kappa shape index (κ3) is 4.14. The molecular weight excluding hydrogens is 146 g/mol. The number of hydrogen-bond acceptors (Lipinski definition) is 1. The van der Waals surface area contributed by atoms with Crippen LogP contribution in [0.25, 0.3) is 0 Å². The highest BCUT2D eigenvalue weighted by Crippen LogP contribution is 2.04. The van der Waals surface area contributed by atoms with Crippen LogP contribution >= 0.6 is 0 Å². The molecule has 0 aliphatic heterocycles. The van der Waals surface area contributed by atoms with Gasteiger partial charge in [-0.3, -0.25) is 0 Å². The maximum atomic E-state index is 3.81. The SMILES string of the molecule is C=C(C)C=CC(=CC)C(C)NC. The fourth-order valence-corrected chi connectivity index (χ4v) is 0.896. The summed E-state index contributed by atoms with van der Waals surface area (Å²) in [5.41, 5.74) is 2.37. The van der Waals surface area contributed by atoms with Gasteiger partial charge in [0.15, 0.2) is 0 Å². The average molecular weight is 165 g/mol. The summed E-state index contributed by atoms with van der Waals surface area (Å²) in [6.45, 7) is 9.99. The molecular formula is C11H19N. The molecule has 0 saturated heterocycles. The van der Waals surface area contributed by atoms with Gasteiger partial charge in [0.2, 0.25) is 0 Å². The molecule has 0 fully saturated rings. The summed E-state index contributed by atoms with van der Waals surface area (Å²) < 4.78 is 0. The van der Waals surface area contributed by atoms with Gasteiger partial charge < -0.3 is 5.32 Å². The third-order valence-corrected chi connectivity index (χ3v) is 1.83. The Hall–Kier alpha value is -0.820. The number of likely N-dealkylation sites (N-methyl/N-ethyl adjacent to an activating group) is 1. The van der Waals surface area contributed by atoms with Gasteiger partial charge >= 0.3 is 0 Å². The number of rotatable bonds is 4. The van der Waals surface area contributed by atoms with Crippen molar-refractivity contribution in [3.63, 3.8) is 0 Å². The summed E-state index contributed by atoms with van der Waals surface area (Å²) in [5, 5.41) is 3.19. The normalized spacial score (nSPS) is 15.2. The second-order valence-electron chi connectivity index (χ2n) is 2.98. The molecule has 0 saturated carbocycles. The maximum absolute atomic E-state index is 3.81. The summed E-state index contributed by atoms with van der Waals surface area (Å²) in [7, 11) is 1.96. The van der Waals surface area contributed by atoms with Gasteiger partial charge in [0.05, 0.1) is 0 Å². The molecule has 1 nitrogen and oxygen atoms in total. The molecule has 0 aliphatic rings. The molecule has 0 aromatic heterocycles. The van der Waals surface area contributed by atoms with Gasteiger partial charge in [0.25, 0.3) is 0 Å². The smallest absolute Gasteiger partial charge is 0.0285 e. The molecule has 1 unspecified atom stereocenters. The average Bonchev–Trinajstić information content (AvgIpc) is 2.04. The molecule has 0 heterocycles. The van der Waals surface area contributed by atoms with E-state index in [1.165, 1.54) is 5.57 Å². The zero-order chi connectivity index (χ0) is 9.56. The van der Waals surface area contributed by atoms with Gasteiger partial charge in [-0.05, 0) is 33.4 Å². The van der Waals surface area contributed by atoms with Gasteiger partial charge in [0.1, 0.15) is 0 Å². The molecule has 0 aliphatic carbocycles. The van der Waals surface area contributed by atoms with Crippen LogP contribution in [0.1, 0.15) is 20.8 Å². The van der Waals surface area contributed by atoms with Crippen molar-refractivity contribution in [3.05, 3.63) is 36.0 Å². The minimum absolute atomic E-state index is 0.408. The Kier molecular flexibility index (Phi) is 5.39. The van der Waals surface area contributed by atoms with Crippen molar-refractivity contribution >= 4 is 0 Å². The van der Waals surface area contributed by atoms with E-state index in [1.54, 1.807) is 0 Å². The molecule has 0 aromatic rings. The van der Waals surface area contributed by atoms with Crippen LogP contribution in [0.4, 0.5) is 0 Å². The summed E-state index contributed by atoms with van der Waals surface area (Å²) in [6, 6.07) is 0.408. The second kappa shape index (κ2) is 5.78. The predicted molar refractivity (Wildman–Crippen MR) is 56.2 cm³/mol. The molecule has 0 aromatic carbocycles. The molecule has 1 N–H and O–H groups in total. The Bertz CT molecular complexity index is 199. The fraction of sp³-hybridized carbons (Fsp3) is 0.455. The van der Waals surface area contributed by atoms with Gasteiger partial charge in [-0.15, -0.1) is 0 Å². The highest BCUT2D eigenvalue weighted by molar-refractivity contribution is 5.28. The molecule has 0 rings (SSSR count). The number of hydrogen-bond donors (Lipinski definition) is 1. The van der Waals surface area contributed by atoms with E-state index in [2.05, 4.69) is 31.0 Å². The van der Waals surface area contributed by atoms with Crippen molar-refractivity contribution < 1.29 is 0 Å². The van der Waals surface area contributed by atoms with Gasteiger partial charge in [0, 0.05) is 6.04 Å². The van der Waals surface area contributed by atoms with Crippen LogP contribution in [0, 0.1) is 0 Å². The molecule has 1 heteroatoms. The van der Waals surface area contributed by atoms with E-state index < -0.39 is 0 Å². The number of nitrogens with one attached hydrogen (secondary N) is 1. The minimum atomic E-state index is 0.408. The first kappa shape index (κ1) is 11.2. The van der Waals surface area contributed by atoms with Crippen molar-refractivity contribution in [1.82, 2.24) is 5.32 Å². The molecule has 0 spiro atoms. The largest absolute Gasteiger partial charge is 0.313 e. The maximum Gasteiger partial charge on any atom is 0.0285 e. The van der Waals surface area contributed by atoms with Crippen molar-refractivity contribution in [2.75, 3.05) is 7.05 Å². The van der Waals surface area contributed by atoms with Crippen LogP contribution in [0.2, 0.25) is 0 Å². The molecule has 0 radical (unpaired) electrons. The van der Waals surface area contributed by atoms with Crippen LogP contribution < -0.4 is 5.32 Å². The Morgan fingerprint density at radius 2 is 2.00 bits per heavy atom. The van der Waals surface area contributed by atoms with E-state index in [-0.39, 0.29) is 0 Å². The van der Waals surface area contributed by atoms with Crippen LogP contribution in [-0.4, -0.2) is 13.1 Å². The third-order valence-electron chi connectivity index (χ3n) is 1.83. The van der Waals surface area contributed by atoms with E-state index in [1.807, 2.05) is 27.0 Å². The Labute approximate surface area is 75.9 Å². The Balaban J connectivity index is 4.29. The van der Waals surface area contributed by atoms with Gasteiger partial charge in [-0.1, -0.05) is 30.4 Å². The van der Waals surface area contributed by atoms with Crippen LogP contribution in [-0.2, 0) is 0 Å². The van der Waals surface area contributed by atoms with E-state index in [9.17, 15) is 0 Å². The van der Waals surface area contributed by atoms with Gasteiger partial charge in [-0.2, -0.15) is 0 Å². The highest BCUT2D eigenvalue weighted by Gasteiger charge is 1.99. The standard InChI is InChI=1S/C11H19N/c1-6-11(10(4)12-5)8-7-9(2)3/h6-8,10,12H,2H2,1,3-5H3. The molecule has 12 heavy (non-hydrogen) atoms. The molecule has 0 bridgehead atoms. The second-order valence-corrected chi connectivity index (χ2v) is 2.98. The number of allylic oxidation sites excluding steroid dienone is 3. The lowest BCUT2D eigenvalue weighted by Crippen LogP contribution is -2.22. The van der Waals surface area contributed by atoms with E-state index in [0.29, 0.717) is 6.04 Å². The van der Waals surface area contributed by atoms with Crippen molar-refractivity contribution in [2.24, 2.45) is 0 Å². The fourth-order valence-electron chi connectivity index (χ4n) is 0.896. The predicted octanol–water partition coefficient (Wildman–Crippen LogP) is 2.67. The molecule has 68 valence electrons. The molecule has 0 amide bonds. The zero-order valence-electron chi connectivity index (χ0n) is 8.52. The van der Waals surface area contributed by atoms with Gasteiger partial charge in [-0.25, -0.2) is 0 Å². The van der Waals surface area contributed by atoms with E-state index in [4.69, 9.17) is 0 Å².